The van der Waals surface area contributed by atoms with Gasteiger partial charge < -0.3 is 9.64 Å². The van der Waals surface area contributed by atoms with E-state index in [9.17, 15) is 18.0 Å². The summed E-state index contributed by atoms with van der Waals surface area (Å²) >= 11 is 0. The van der Waals surface area contributed by atoms with Crippen molar-refractivity contribution in [3.63, 3.8) is 0 Å². The number of ether oxygens (including phenoxy) is 1. The fourth-order valence-electron chi connectivity index (χ4n) is 3.63. The number of anilines is 1. The Hall–Kier alpha value is -3.07. The fraction of sp³-hybridized carbons (Fsp3) is 0.333. The van der Waals surface area contributed by atoms with Gasteiger partial charge in [0.05, 0.1) is 10.9 Å². The third kappa shape index (κ3) is 3.85. The Balaban J connectivity index is 1.44. The van der Waals surface area contributed by atoms with E-state index in [1.165, 1.54) is 0 Å². The molecule has 8 nitrogen and oxygen atoms in total. The van der Waals surface area contributed by atoms with Crippen molar-refractivity contribution in [2.24, 2.45) is 0 Å². The first-order valence-corrected chi connectivity index (χ1v) is 11.2. The van der Waals surface area contributed by atoms with Crippen LogP contribution < -0.4 is 4.72 Å². The lowest BCUT2D eigenvalue weighted by Crippen LogP contribution is -2.53. The Bertz CT molecular complexity index is 1100. The van der Waals surface area contributed by atoms with Crippen molar-refractivity contribution in [3.8, 4) is 0 Å². The van der Waals surface area contributed by atoms with Gasteiger partial charge in [-0.2, -0.15) is 0 Å². The van der Waals surface area contributed by atoms with E-state index in [4.69, 9.17) is 4.74 Å². The summed E-state index contributed by atoms with van der Waals surface area (Å²) in [6.07, 6.45) is -0.326. The SMILES string of the molecule is Cc1ccc(S(=O)(=O)Nc2ccc(C(=O)N3CCN4C(=O)OCC4C3)cc2)cc1C. The molecule has 4 rings (SSSR count). The standard InChI is InChI=1S/C21H23N3O5S/c1-14-3-8-19(11-15(14)2)30(27,28)22-17-6-4-16(5-7-17)20(25)23-9-10-24-18(12-23)13-29-21(24)26/h3-8,11,18,22H,9-10,12-13H2,1-2H3. The lowest BCUT2D eigenvalue weighted by molar-refractivity contribution is 0.0617. The van der Waals surface area contributed by atoms with E-state index < -0.39 is 10.0 Å². The second kappa shape index (κ2) is 7.64. The minimum atomic E-state index is -3.72. The number of aryl methyl sites for hydroxylation is 2. The molecule has 2 aromatic rings. The zero-order valence-corrected chi connectivity index (χ0v) is 17.6. The number of amides is 2. The molecule has 0 aromatic heterocycles. The van der Waals surface area contributed by atoms with Gasteiger partial charge >= 0.3 is 6.09 Å². The number of piperazine rings is 1. The number of hydrogen-bond acceptors (Lipinski definition) is 5. The molecule has 0 bridgehead atoms. The van der Waals surface area contributed by atoms with Crippen molar-refractivity contribution in [1.82, 2.24) is 9.80 Å². The van der Waals surface area contributed by atoms with Crippen molar-refractivity contribution < 1.29 is 22.7 Å². The quantitative estimate of drug-likeness (QED) is 0.805. The summed E-state index contributed by atoms with van der Waals surface area (Å²) in [6, 6.07) is 11.2. The molecule has 1 N–H and O–H groups in total. The van der Waals surface area contributed by atoms with E-state index in [-0.39, 0.29) is 22.9 Å². The smallest absolute Gasteiger partial charge is 0.410 e. The highest BCUT2D eigenvalue weighted by Crippen LogP contribution is 2.22. The van der Waals surface area contributed by atoms with E-state index >= 15 is 0 Å². The number of nitrogens with zero attached hydrogens (tertiary/aromatic N) is 2. The lowest BCUT2D eigenvalue weighted by Gasteiger charge is -2.35. The fourth-order valence-corrected chi connectivity index (χ4v) is 4.78. The lowest BCUT2D eigenvalue weighted by atomic mass is 10.1. The maximum absolute atomic E-state index is 12.8. The first-order valence-electron chi connectivity index (χ1n) is 9.67. The molecule has 2 aliphatic rings. The first-order chi connectivity index (χ1) is 14.2. The summed E-state index contributed by atoms with van der Waals surface area (Å²) in [5.41, 5.74) is 2.76. The number of carbonyl (C=O) groups excluding carboxylic acids is 2. The highest BCUT2D eigenvalue weighted by atomic mass is 32.2. The molecule has 2 amide bonds. The molecule has 1 atom stereocenters. The van der Waals surface area contributed by atoms with Crippen LogP contribution >= 0.6 is 0 Å². The Labute approximate surface area is 175 Å². The van der Waals surface area contributed by atoms with Gasteiger partial charge in [0.2, 0.25) is 0 Å². The number of rotatable bonds is 4. The minimum absolute atomic E-state index is 0.112. The van der Waals surface area contributed by atoms with E-state index in [1.807, 2.05) is 13.8 Å². The van der Waals surface area contributed by atoms with E-state index in [1.54, 1.807) is 52.3 Å². The van der Waals surface area contributed by atoms with Crippen LogP contribution in [0.1, 0.15) is 21.5 Å². The van der Waals surface area contributed by atoms with Gasteiger partial charge in [0.25, 0.3) is 15.9 Å². The van der Waals surface area contributed by atoms with Crippen LogP contribution in [0.25, 0.3) is 0 Å². The van der Waals surface area contributed by atoms with Crippen molar-refractivity contribution in [2.75, 3.05) is 31.0 Å². The van der Waals surface area contributed by atoms with Gasteiger partial charge in [-0.05, 0) is 61.4 Å². The zero-order chi connectivity index (χ0) is 21.5. The molecule has 0 aliphatic carbocycles. The zero-order valence-electron chi connectivity index (χ0n) is 16.8. The average molecular weight is 429 g/mol. The van der Waals surface area contributed by atoms with Gasteiger partial charge in [0.1, 0.15) is 6.61 Å². The summed E-state index contributed by atoms with van der Waals surface area (Å²) < 4.78 is 32.8. The number of cyclic esters (lactones) is 1. The van der Waals surface area contributed by atoms with Crippen molar-refractivity contribution in [2.45, 2.75) is 24.8 Å². The van der Waals surface area contributed by atoms with E-state index in [2.05, 4.69) is 4.72 Å². The molecule has 0 radical (unpaired) electrons. The first kappa shape index (κ1) is 20.2. The van der Waals surface area contributed by atoms with Crippen molar-refractivity contribution in [3.05, 3.63) is 59.2 Å². The Morgan fingerprint density at radius 1 is 1.07 bits per heavy atom. The van der Waals surface area contributed by atoms with E-state index in [0.29, 0.717) is 37.5 Å². The number of hydrogen-bond donors (Lipinski definition) is 1. The Morgan fingerprint density at radius 3 is 2.50 bits per heavy atom. The van der Waals surface area contributed by atoms with Gasteiger partial charge in [-0.1, -0.05) is 6.07 Å². The minimum Gasteiger partial charge on any atom is -0.447 e. The molecular weight excluding hydrogens is 406 g/mol. The molecule has 2 fully saturated rings. The topological polar surface area (TPSA) is 96.0 Å². The predicted molar refractivity (Wildman–Crippen MR) is 111 cm³/mol. The van der Waals surface area contributed by atoms with Gasteiger partial charge in [0.15, 0.2) is 0 Å². The summed E-state index contributed by atoms with van der Waals surface area (Å²) in [7, 11) is -3.72. The Kier molecular flexibility index (Phi) is 5.15. The maximum Gasteiger partial charge on any atom is 0.410 e. The van der Waals surface area contributed by atoms with E-state index in [0.717, 1.165) is 11.1 Å². The number of benzene rings is 2. The highest BCUT2D eigenvalue weighted by molar-refractivity contribution is 7.92. The van der Waals surface area contributed by atoms with Gasteiger partial charge in [-0.25, -0.2) is 13.2 Å². The van der Waals surface area contributed by atoms with Crippen LogP contribution in [0.4, 0.5) is 10.5 Å². The summed E-state index contributed by atoms with van der Waals surface area (Å²) in [6.45, 7) is 5.39. The highest BCUT2D eigenvalue weighted by Gasteiger charge is 2.38. The molecule has 0 spiro atoms. The third-order valence-corrected chi connectivity index (χ3v) is 6.96. The van der Waals surface area contributed by atoms with Crippen molar-refractivity contribution >= 4 is 27.7 Å². The number of fused-ring (bicyclic) bond motifs is 1. The molecule has 2 aromatic carbocycles. The van der Waals surface area contributed by atoms with Crippen LogP contribution in [0.5, 0.6) is 0 Å². The second-order valence-corrected chi connectivity index (χ2v) is 9.29. The number of sulfonamides is 1. The van der Waals surface area contributed by atoms with Gasteiger partial charge in [0, 0.05) is 30.9 Å². The second-order valence-electron chi connectivity index (χ2n) is 7.60. The largest absolute Gasteiger partial charge is 0.447 e. The molecule has 30 heavy (non-hydrogen) atoms. The maximum atomic E-state index is 12.8. The normalized spacial score (nSPS) is 18.7. The van der Waals surface area contributed by atoms with Gasteiger partial charge in [-0.3, -0.25) is 14.4 Å². The average Bonchev–Trinajstić information content (AvgIpc) is 3.10. The van der Waals surface area contributed by atoms with Gasteiger partial charge in [-0.15, -0.1) is 0 Å². The molecule has 0 saturated carbocycles. The summed E-state index contributed by atoms with van der Waals surface area (Å²) in [5, 5.41) is 0. The van der Waals surface area contributed by atoms with Crippen LogP contribution in [0.3, 0.4) is 0 Å². The monoisotopic (exact) mass is 429 g/mol. The van der Waals surface area contributed by atoms with Crippen LogP contribution in [-0.4, -0.2) is 62.5 Å². The van der Waals surface area contributed by atoms with Crippen LogP contribution in [-0.2, 0) is 14.8 Å². The summed E-state index contributed by atoms with van der Waals surface area (Å²) in [4.78, 5) is 27.9. The molecule has 1 unspecified atom stereocenters. The molecular formula is C21H23N3O5S. The van der Waals surface area contributed by atoms with Crippen molar-refractivity contribution in [1.29, 1.82) is 0 Å². The molecule has 2 aliphatic heterocycles. The number of nitrogens with one attached hydrogen (secondary N) is 1. The number of carbonyl (C=O) groups is 2. The molecule has 2 heterocycles. The molecule has 158 valence electrons. The molecule has 9 heteroatoms. The predicted octanol–water partition coefficient (Wildman–Crippen LogP) is 2.38. The molecule has 2 saturated heterocycles. The van der Waals surface area contributed by atoms with Crippen LogP contribution in [0.15, 0.2) is 47.4 Å². The summed E-state index contributed by atoms with van der Waals surface area (Å²) in [5.74, 6) is -0.155. The van der Waals surface area contributed by atoms with Crippen LogP contribution in [0, 0.1) is 13.8 Å². The Morgan fingerprint density at radius 2 is 1.80 bits per heavy atom. The van der Waals surface area contributed by atoms with Crippen LogP contribution in [0.2, 0.25) is 0 Å². The third-order valence-electron chi connectivity index (χ3n) is 5.58.